The van der Waals surface area contributed by atoms with Crippen LogP contribution in [0.15, 0.2) is 30.3 Å². The summed E-state index contributed by atoms with van der Waals surface area (Å²) in [6, 6.07) is 9.83. The molecule has 114 valence electrons. The molecular weight excluding hydrogens is 268 g/mol. The second-order valence-electron chi connectivity index (χ2n) is 5.58. The molecule has 1 aliphatic heterocycles. The van der Waals surface area contributed by atoms with Crippen LogP contribution in [0.4, 0.5) is 0 Å². The molecule has 1 aliphatic rings. The molecule has 0 bridgehead atoms. The van der Waals surface area contributed by atoms with Gasteiger partial charge in [0.2, 0.25) is 5.91 Å². The van der Waals surface area contributed by atoms with Crippen molar-refractivity contribution in [3.63, 3.8) is 0 Å². The molecule has 2 N–H and O–H groups in total. The number of amides is 1. The first-order chi connectivity index (χ1) is 10.1. The predicted molar refractivity (Wildman–Crippen MR) is 79.7 cm³/mol. The van der Waals surface area contributed by atoms with Crippen molar-refractivity contribution < 1.29 is 14.7 Å². The Labute approximate surface area is 125 Å². The number of hydrogen-bond donors (Lipinski definition) is 2. The number of rotatable bonds is 7. The molecule has 5 heteroatoms. The van der Waals surface area contributed by atoms with E-state index in [0.29, 0.717) is 25.4 Å². The van der Waals surface area contributed by atoms with Crippen molar-refractivity contribution >= 4 is 11.9 Å². The van der Waals surface area contributed by atoms with Gasteiger partial charge in [-0.25, -0.2) is 0 Å². The maximum atomic E-state index is 11.9. The highest BCUT2D eigenvalue weighted by Crippen LogP contribution is 2.20. The Morgan fingerprint density at radius 1 is 1.29 bits per heavy atom. The van der Waals surface area contributed by atoms with Crippen LogP contribution in [0.3, 0.4) is 0 Å². The number of nitrogens with one attached hydrogen (secondary N) is 1. The van der Waals surface area contributed by atoms with Crippen molar-refractivity contribution in [3.05, 3.63) is 35.9 Å². The van der Waals surface area contributed by atoms with Crippen LogP contribution in [0.2, 0.25) is 0 Å². The van der Waals surface area contributed by atoms with Crippen LogP contribution in [0.1, 0.15) is 24.8 Å². The molecule has 2 rings (SSSR count). The highest BCUT2D eigenvalue weighted by molar-refractivity contribution is 5.78. The van der Waals surface area contributed by atoms with Gasteiger partial charge in [-0.15, -0.1) is 0 Å². The summed E-state index contributed by atoms with van der Waals surface area (Å²) in [7, 11) is 0. The maximum absolute atomic E-state index is 11.9. The van der Waals surface area contributed by atoms with E-state index in [4.69, 9.17) is 5.11 Å². The number of benzene rings is 1. The second-order valence-corrected chi connectivity index (χ2v) is 5.58. The van der Waals surface area contributed by atoms with E-state index in [2.05, 4.69) is 10.2 Å². The van der Waals surface area contributed by atoms with E-state index in [-0.39, 0.29) is 12.3 Å². The number of hydrogen-bond acceptors (Lipinski definition) is 3. The molecule has 0 spiro atoms. The fraction of sp³-hybridized carbons (Fsp3) is 0.500. The lowest BCUT2D eigenvalue weighted by Gasteiger charge is -2.15. The molecule has 1 unspecified atom stereocenters. The normalized spacial score (nSPS) is 18.6. The molecule has 1 atom stereocenters. The van der Waals surface area contributed by atoms with Crippen molar-refractivity contribution in [3.8, 4) is 0 Å². The standard InChI is InChI=1S/C16H22N2O3/c19-15(17-10-13-4-2-1-3-5-13)12-18-9-8-14(11-18)6-7-16(20)21/h1-5,14H,6-12H2,(H,17,19)(H,20,21). The van der Waals surface area contributed by atoms with Gasteiger partial charge >= 0.3 is 5.97 Å². The van der Waals surface area contributed by atoms with E-state index in [9.17, 15) is 9.59 Å². The molecule has 1 heterocycles. The fourth-order valence-electron chi connectivity index (χ4n) is 2.68. The van der Waals surface area contributed by atoms with Crippen molar-refractivity contribution in [2.24, 2.45) is 5.92 Å². The Hall–Kier alpha value is -1.88. The third-order valence-corrected chi connectivity index (χ3v) is 3.84. The maximum Gasteiger partial charge on any atom is 0.303 e. The van der Waals surface area contributed by atoms with Gasteiger partial charge in [-0.1, -0.05) is 30.3 Å². The average Bonchev–Trinajstić information content (AvgIpc) is 2.91. The molecule has 0 aliphatic carbocycles. The zero-order valence-electron chi connectivity index (χ0n) is 12.1. The van der Waals surface area contributed by atoms with E-state index in [1.54, 1.807) is 0 Å². The molecule has 5 nitrogen and oxygen atoms in total. The Bertz CT molecular complexity index is 476. The summed E-state index contributed by atoms with van der Waals surface area (Å²) >= 11 is 0. The monoisotopic (exact) mass is 290 g/mol. The minimum absolute atomic E-state index is 0.0257. The van der Waals surface area contributed by atoms with Crippen LogP contribution < -0.4 is 5.32 Å². The summed E-state index contributed by atoms with van der Waals surface area (Å²) in [4.78, 5) is 24.6. The number of nitrogens with zero attached hydrogens (tertiary/aromatic N) is 1. The van der Waals surface area contributed by atoms with Gasteiger partial charge in [0.1, 0.15) is 0 Å². The molecule has 0 saturated carbocycles. The molecular formula is C16H22N2O3. The highest BCUT2D eigenvalue weighted by Gasteiger charge is 2.24. The second kappa shape index (κ2) is 7.78. The van der Waals surface area contributed by atoms with Gasteiger partial charge in [-0.3, -0.25) is 14.5 Å². The Morgan fingerprint density at radius 3 is 2.76 bits per heavy atom. The quantitative estimate of drug-likeness (QED) is 0.798. The summed E-state index contributed by atoms with van der Waals surface area (Å²) < 4.78 is 0. The minimum atomic E-state index is -0.742. The molecule has 1 aromatic rings. The minimum Gasteiger partial charge on any atom is -0.481 e. The van der Waals surface area contributed by atoms with E-state index in [1.807, 2.05) is 30.3 Å². The third-order valence-electron chi connectivity index (χ3n) is 3.84. The third kappa shape index (κ3) is 5.55. The summed E-state index contributed by atoms with van der Waals surface area (Å²) in [5.74, 6) is -0.310. The Balaban J connectivity index is 1.66. The average molecular weight is 290 g/mol. The van der Waals surface area contributed by atoms with Gasteiger partial charge in [-0.2, -0.15) is 0 Å². The lowest BCUT2D eigenvalue weighted by atomic mass is 10.0. The fourth-order valence-corrected chi connectivity index (χ4v) is 2.68. The van der Waals surface area contributed by atoms with Gasteiger partial charge < -0.3 is 10.4 Å². The van der Waals surface area contributed by atoms with Gasteiger partial charge in [0.25, 0.3) is 0 Å². The van der Waals surface area contributed by atoms with E-state index in [1.165, 1.54) is 0 Å². The van der Waals surface area contributed by atoms with Crippen molar-refractivity contribution in [2.75, 3.05) is 19.6 Å². The van der Waals surface area contributed by atoms with Crippen LogP contribution in [0, 0.1) is 5.92 Å². The molecule has 0 radical (unpaired) electrons. The SMILES string of the molecule is O=C(O)CCC1CCN(CC(=O)NCc2ccccc2)C1. The number of carbonyl (C=O) groups excluding carboxylic acids is 1. The highest BCUT2D eigenvalue weighted by atomic mass is 16.4. The molecule has 0 aromatic heterocycles. The van der Waals surface area contributed by atoms with Gasteiger partial charge in [0.05, 0.1) is 6.54 Å². The van der Waals surface area contributed by atoms with Crippen LogP contribution in [-0.2, 0) is 16.1 Å². The van der Waals surface area contributed by atoms with E-state index < -0.39 is 5.97 Å². The van der Waals surface area contributed by atoms with E-state index >= 15 is 0 Å². The first kappa shape index (κ1) is 15.5. The number of carboxylic acids is 1. The first-order valence-corrected chi connectivity index (χ1v) is 7.38. The van der Waals surface area contributed by atoms with Gasteiger partial charge in [0.15, 0.2) is 0 Å². The lowest BCUT2D eigenvalue weighted by molar-refractivity contribution is -0.137. The van der Waals surface area contributed by atoms with E-state index in [0.717, 1.165) is 25.1 Å². The van der Waals surface area contributed by atoms with Gasteiger partial charge in [-0.05, 0) is 30.9 Å². The summed E-state index contributed by atoms with van der Waals surface area (Å²) in [6.07, 6.45) is 1.91. The molecule has 1 aromatic carbocycles. The molecule has 21 heavy (non-hydrogen) atoms. The zero-order chi connectivity index (χ0) is 15.1. The molecule has 1 amide bonds. The van der Waals surface area contributed by atoms with Crippen molar-refractivity contribution in [1.82, 2.24) is 10.2 Å². The molecule has 1 saturated heterocycles. The first-order valence-electron chi connectivity index (χ1n) is 7.38. The van der Waals surface area contributed by atoms with Crippen LogP contribution >= 0.6 is 0 Å². The van der Waals surface area contributed by atoms with Gasteiger partial charge in [0, 0.05) is 19.5 Å². The number of carboxylic acid groups (broad SMARTS) is 1. The van der Waals surface area contributed by atoms with Crippen molar-refractivity contribution in [1.29, 1.82) is 0 Å². The largest absolute Gasteiger partial charge is 0.481 e. The lowest BCUT2D eigenvalue weighted by Crippen LogP contribution is -2.35. The topological polar surface area (TPSA) is 69.6 Å². The van der Waals surface area contributed by atoms with Crippen LogP contribution in [0.25, 0.3) is 0 Å². The molecule has 1 fully saturated rings. The van der Waals surface area contributed by atoms with Crippen LogP contribution in [0.5, 0.6) is 0 Å². The Morgan fingerprint density at radius 2 is 2.05 bits per heavy atom. The summed E-state index contributed by atoms with van der Waals surface area (Å²) in [6.45, 7) is 2.65. The summed E-state index contributed by atoms with van der Waals surface area (Å²) in [5.41, 5.74) is 1.09. The smallest absolute Gasteiger partial charge is 0.303 e. The number of carbonyl (C=O) groups is 2. The Kier molecular flexibility index (Phi) is 5.75. The van der Waals surface area contributed by atoms with Crippen molar-refractivity contribution in [2.45, 2.75) is 25.8 Å². The predicted octanol–water partition coefficient (Wildman–Crippen LogP) is 1.49. The number of likely N-dealkylation sites (tertiary alicyclic amines) is 1. The van der Waals surface area contributed by atoms with Crippen LogP contribution in [-0.4, -0.2) is 41.5 Å². The zero-order valence-corrected chi connectivity index (χ0v) is 12.1. The summed E-state index contributed by atoms with van der Waals surface area (Å²) in [5, 5.41) is 11.6. The number of aliphatic carboxylic acids is 1.